The minimum Gasteiger partial charge on any atom is -0.467 e. The van der Waals surface area contributed by atoms with Crippen molar-refractivity contribution in [3.8, 4) is 0 Å². The number of fused-ring (bicyclic) bond motifs is 2. The maximum absolute atomic E-state index is 13.0. The van der Waals surface area contributed by atoms with E-state index < -0.39 is 30.5 Å². The van der Waals surface area contributed by atoms with E-state index in [1.54, 1.807) is 4.90 Å². The van der Waals surface area contributed by atoms with Gasteiger partial charge in [-0.1, -0.05) is 13.8 Å². The van der Waals surface area contributed by atoms with E-state index in [1.807, 2.05) is 13.8 Å². The van der Waals surface area contributed by atoms with Crippen molar-refractivity contribution in [2.45, 2.75) is 64.1 Å². The highest BCUT2D eigenvalue weighted by Crippen LogP contribution is 2.31. The number of rotatable bonds is 5. The zero-order valence-corrected chi connectivity index (χ0v) is 15.7. The molecule has 0 saturated carbocycles. The van der Waals surface area contributed by atoms with Crippen molar-refractivity contribution in [3.63, 3.8) is 0 Å². The first-order valence-corrected chi connectivity index (χ1v) is 9.40. The SMILES string of the molecule is COC(=O)[C@@H](CC(C)C)N1C[C@@H]2O[C@H](C1=O)[C@H](C(=O)N1CCCCC1)O2. The van der Waals surface area contributed by atoms with E-state index in [9.17, 15) is 14.4 Å². The molecular weight excluding hydrogens is 340 g/mol. The van der Waals surface area contributed by atoms with Gasteiger partial charge >= 0.3 is 5.97 Å². The third-order valence-electron chi connectivity index (χ3n) is 5.20. The van der Waals surface area contributed by atoms with Gasteiger partial charge in [0.15, 0.2) is 18.5 Å². The summed E-state index contributed by atoms with van der Waals surface area (Å²) >= 11 is 0. The number of morpholine rings is 1. The van der Waals surface area contributed by atoms with Crippen LogP contribution in [0.3, 0.4) is 0 Å². The third-order valence-corrected chi connectivity index (χ3v) is 5.20. The first-order chi connectivity index (χ1) is 12.4. The largest absolute Gasteiger partial charge is 0.467 e. The molecule has 0 spiro atoms. The average Bonchev–Trinajstić information content (AvgIpc) is 3.01. The van der Waals surface area contributed by atoms with Gasteiger partial charge in [-0.15, -0.1) is 0 Å². The summed E-state index contributed by atoms with van der Waals surface area (Å²) in [7, 11) is 1.31. The number of methoxy groups -OCH3 is 1. The molecule has 8 heteroatoms. The predicted octanol–water partition coefficient (Wildman–Crippen LogP) is 0.539. The molecule has 2 bridgehead atoms. The molecule has 3 aliphatic heterocycles. The van der Waals surface area contributed by atoms with Crippen LogP contribution in [0.2, 0.25) is 0 Å². The summed E-state index contributed by atoms with van der Waals surface area (Å²) in [6.45, 7) is 5.47. The second-order valence-electron chi connectivity index (χ2n) is 7.59. The fourth-order valence-corrected chi connectivity index (χ4v) is 3.89. The topological polar surface area (TPSA) is 85.4 Å². The van der Waals surface area contributed by atoms with Crippen molar-refractivity contribution in [2.75, 3.05) is 26.7 Å². The Hall–Kier alpha value is -1.67. The molecule has 0 N–H and O–H groups in total. The Labute approximate surface area is 153 Å². The molecule has 146 valence electrons. The van der Waals surface area contributed by atoms with Gasteiger partial charge in [-0.2, -0.15) is 0 Å². The van der Waals surface area contributed by atoms with Gasteiger partial charge in [-0.05, 0) is 31.6 Å². The fourth-order valence-electron chi connectivity index (χ4n) is 3.89. The number of likely N-dealkylation sites (tertiary alicyclic amines) is 1. The van der Waals surface area contributed by atoms with Crippen molar-refractivity contribution in [2.24, 2.45) is 5.92 Å². The smallest absolute Gasteiger partial charge is 0.328 e. The van der Waals surface area contributed by atoms with Gasteiger partial charge in [0.25, 0.3) is 11.8 Å². The van der Waals surface area contributed by atoms with Crippen LogP contribution < -0.4 is 0 Å². The van der Waals surface area contributed by atoms with Crippen LogP contribution in [0.15, 0.2) is 0 Å². The molecule has 26 heavy (non-hydrogen) atoms. The summed E-state index contributed by atoms with van der Waals surface area (Å²) in [6, 6.07) is -0.686. The summed E-state index contributed by atoms with van der Waals surface area (Å²) < 4.78 is 16.2. The number of hydrogen-bond acceptors (Lipinski definition) is 6. The third kappa shape index (κ3) is 3.71. The lowest BCUT2D eigenvalue weighted by atomic mass is 10.0. The van der Waals surface area contributed by atoms with E-state index in [0.717, 1.165) is 19.3 Å². The highest BCUT2D eigenvalue weighted by atomic mass is 16.7. The number of ether oxygens (including phenoxy) is 3. The molecule has 0 aromatic carbocycles. The Morgan fingerprint density at radius 2 is 1.88 bits per heavy atom. The second kappa shape index (κ2) is 7.92. The quantitative estimate of drug-likeness (QED) is 0.659. The molecule has 3 fully saturated rings. The van der Waals surface area contributed by atoms with Gasteiger partial charge in [0.1, 0.15) is 6.04 Å². The lowest BCUT2D eigenvalue weighted by Crippen LogP contribution is -2.57. The van der Waals surface area contributed by atoms with Gasteiger partial charge in [0.05, 0.1) is 13.7 Å². The molecule has 3 rings (SSSR count). The van der Waals surface area contributed by atoms with Crippen molar-refractivity contribution in [3.05, 3.63) is 0 Å². The van der Waals surface area contributed by atoms with E-state index in [0.29, 0.717) is 19.5 Å². The van der Waals surface area contributed by atoms with Crippen LogP contribution in [0.25, 0.3) is 0 Å². The zero-order valence-electron chi connectivity index (χ0n) is 15.7. The molecule has 0 aliphatic carbocycles. The minimum absolute atomic E-state index is 0.131. The van der Waals surface area contributed by atoms with Crippen LogP contribution in [0.4, 0.5) is 0 Å². The number of carbonyl (C=O) groups excluding carboxylic acids is 3. The molecule has 0 aromatic rings. The average molecular weight is 368 g/mol. The van der Waals surface area contributed by atoms with Crippen LogP contribution in [-0.4, -0.2) is 78.9 Å². The maximum atomic E-state index is 13.0. The van der Waals surface area contributed by atoms with Gasteiger partial charge < -0.3 is 24.0 Å². The highest BCUT2D eigenvalue weighted by molar-refractivity contribution is 5.94. The molecule has 3 aliphatic rings. The van der Waals surface area contributed by atoms with Gasteiger partial charge in [-0.25, -0.2) is 4.79 Å². The Kier molecular flexibility index (Phi) is 5.82. The highest BCUT2D eigenvalue weighted by Gasteiger charge is 2.54. The van der Waals surface area contributed by atoms with Crippen molar-refractivity contribution in [1.29, 1.82) is 0 Å². The number of esters is 1. The lowest BCUT2D eigenvalue weighted by molar-refractivity contribution is -0.174. The van der Waals surface area contributed by atoms with E-state index in [4.69, 9.17) is 14.2 Å². The molecule has 0 radical (unpaired) electrons. The first kappa shape index (κ1) is 19.1. The molecule has 8 nitrogen and oxygen atoms in total. The maximum Gasteiger partial charge on any atom is 0.328 e. The fraction of sp³-hybridized carbons (Fsp3) is 0.833. The van der Waals surface area contributed by atoms with Gasteiger partial charge in [-0.3, -0.25) is 9.59 Å². The molecule has 2 amide bonds. The van der Waals surface area contributed by atoms with Gasteiger partial charge in [0.2, 0.25) is 0 Å². The van der Waals surface area contributed by atoms with E-state index in [-0.39, 0.29) is 24.3 Å². The number of carbonyl (C=O) groups is 3. The Bertz CT molecular complexity index is 560. The number of piperidine rings is 1. The molecule has 0 unspecified atom stereocenters. The summed E-state index contributed by atoms with van der Waals surface area (Å²) in [6.07, 6.45) is 0.938. The van der Waals surface area contributed by atoms with Gasteiger partial charge in [0, 0.05) is 13.1 Å². The summed E-state index contributed by atoms with van der Waals surface area (Å²) in [5.74, 6) is -0.803. The molecule has 3 heterocycles. The monoisotopic (exact) mass is 368 g/mol. The lowest BCUT2D eigenvalue weighted by Gasteiger charge is -2.36. The molecule has 3 saturated heterocycles. The van der Waals surface area contributed by atoms with Crippen molar-refractivity contribution < 1.29 is 28.6 Å². The summed E-state index contributed by atoms with van der Waals surface area (Å²) in [5, 5.41) is 0. The Morgan fingerprint density at radius 1 is 1.19 bits per heavy atom. The van der Waals surface area contributed by atoms with Crippen LogP contribution in [0.5, 0.6) is 0 Å². The molecule has 4 atom stereocenters. The normalized spacial score (nSPS) is 29.8. The van der Waals surface area contributed by atoms with Crippen LogP contribution in [-0.2, 0) is 28.6 Å². The minimum atomic E-state index is -0.984. The first-order valence-electron chi connectivity index (χ1n) is 9.40. The van der Waals surface area contributed by atoms with Crippen LogP contribution in [0.1, 0.15) is 39.5 Å². The van der Waals surface area contributed by atoms with Crippen molar-refractivity contribution in [1.82, 2.24) is 9.80 Å². The Balaban J connectivity index is 1.75. The molecule has 0 aromatic heterocycles. The van der Waals surface area contributed by atoms with E-state index in [2.05, 4.69) is 0 Å². The van der Waals surface area contributed by atoms with E-state index in [1.165, 1.54) is 12.0 Å². The van der Waals surface area contributed by atoms with Crippen LogP contribution in [0, 0.1) is 5.92 Å². The summed E-state index contributed by atoms with van der Waals surface area (Å²) in [5.41, 5.74) is 0. The predicted molar refractivity (Wildman–Crippen MR) is 90.9 cm³/mol. The van der Waals surface area contributed by atoms with Crippen LogP contribution >= 0.6 is 0 Å². The zero-order chi connectivity index (χ0) is 18.8. The number of nitrogens with zero attached hydrogens (tertiary/aromatic N) is 2. The summed E-state index contributed by atoms with van der Waals surface area (Å²) in [4.78, 5) is 41.2. The van der Waals surface area contributed by atoms with E-state index >= 15 is 0 Å². The second-order valence-corrected chi connectivity index (χ2v) is 7.59. The Morgan fingerprint density at radius 3 is 2.50 bits per heavy atom. The number of amides is 2. The standard InChI is InChI=1S/C18H28N2O6/c1-11(2)9-12(18(23)24-3)20-10-13-25-14(15(26-13)17(20)22)16(21)19-7-5-4-6-8-19/h11-15H,4-10H2,1-3H3/t12-,13+,14-,15+/m1/s1. The molecular formula is C18H28N2O6. The van der Waals surface area contributed by atoms with Crippen molar-refractivity contribution >= 4 is 17.8 Å². The number of hydrogen-bond donors (Lipinski definition) is 0.